The summed E-state index contributed by atoms with van der Waals surface area (Å²) < 4.78 is 1.82. The molecule has 1 aromatic heterocycles. The number of benzene rings is 2. The topological polar surface area (TPSA) is 76.0 Å². The third kappa shape index (κ3) is 6.22. The summed E-state index contributed by atoms with van der Waals surface area (Å²) in [6, 6.07) is 18.3. The first-order valence-corrected chi connectivity index (χ1v) is 11.3. The lowest BCUT2D eigenvalue weighted by Gasteiger charge is -2.18. The fourth-order valence-corrected chi connectivity index (χ4v) is 3.47. The van der Waals surface area contributed by atoms with E-state index in [1.807, 2.05) is 71.9 Å². The highest BCUT2D eigenvalue weighted by atomic mass is 32.2. The Morgan fingerprint density at radius 1 is 1.07 bits per heavy atom. The lowest BCUT2D eigenvalue weighted by molar-refractivity contribution is -0.122. The zero-order valence-electron chi connectivity index (χ0n) is 17.0. The molecule has 0 spiro atoms. The maximum Gasteiger partial charge on any atom is 0.251 e. The van der Waals surface area contributed by atoms with E-state index in [0.29, 0.717) is 24.9 Å². The van der Waals surface area contributed by atoms with Gasteiger partial charge in [0.15, 0.2) is 0 Å². The first-order valence-electron chi connectivity index (χ1n) is 9.89. The van der Waals surface area contributed by atoms with E-state index in [1.165, 1.54) is 0 Å². The Labute approximate surface area is 181 Å². The number of nitrogens with zero attached hydrogens (tertiary/aromatic N) is 2. The molecule has 0 fully saturated rings. The predicted octanol–water partition coefficient (Wildman–Crippen LogP) is 3.08. The molecule has 156 valence electrons. The van der Waals surface area contributed by atoms with E-state index in [0.717, 1.165) is 17.0 Å². The van der Waals surface area contributed by atoms with Gasteiger partial charge in [-0.3, -0.25) is 9.59 Å². The molecule has 30 heavy (non-hydrogen) atoms. The maximum absolute atomic E-state index is 12.7. The van der Waals surface area contributed by atoms with E-state index in [2.05, 4.69) is 15.7 Å². The van der Waals surface area contributed by atoms with Crippen LogP contribution in [0.4, 0.5) is 0 Å². The molecule has 0 aliphatic rings. The van der Waals surface area contributed by atoms with Crippen LogP contribution in [0.5, 0.6) is 0 Å². The molecule has 0 aliphatic carbocycles. The summed E-state index contributed by atoms with van der Waals surface area (Å²) in [6.07, 6.45) is 7.00. The summed E-state index contributed by atoms with van der Waals surface area (Å²) in [4.78, 5) is 25.1. The van der Waals surface area contributed by atoms with Crippen LogP contribution in [0, 0.1) is 0 Å². The number of amides is 2. The van der Waals surface area contributed by atoms with Gasteiger partial charge in [0.2, 0.25) is 5.91 Å². The van der Waals surface area contributed by atoms with Gasteiger partial charge in [-0.25, -0.2) is 4.68 Å². The van der Waals surface area contributed by atoms with Gasteiger partial charge in [0.1, 0.15) is 6.04 Å². The number of hydrogen-bond donors (Lipinski definition) is 2. The second-order valence-electron chi connectivity index (χ2n) is 6.84. The van der Waals surface area contributed by atoms with Crippen molar-refractivity contribution in [3.8, 4) is 5.69 Å². The second kappa shape index (κ2) is 11.2. The van der Waals surface area contributed by atoms with Gasteiger partial charge in [-0.1, -0.05) is 36.4 Å². The van der Waals surface area contributed by atoms with Gasteiger partial charge >= 0.3 is 0 Å². The fraction of sp³-hybridized carbons (Fsp3) is 0.261. The molecule has 1 heterocycles. The molecule has 1 unspecified atom stereocenters. The molecule has 1 atom stereocenters. The number of para-hydroxylation sites is 1. The highest BCUT2D eigenvalue weighted by Crippen LogP contribution is 2.08. The molecule has 7 heteroatoms. The molecule has 2 aromatic carbocycles. The summed E-state index contributed by atoms with van der Waals surface area (Å²) in [7, 11) is 0. The standard InChI is InChI=1S/C23H26N4O2S/c1-30-15-13-21(26-22(28)19-8-4-2-5-9-19)23(29)24-14-12-18-16-25-27(17-18)20-10-6-3-7-11-20/h2-11,16-17,21H,12-15H2,1H3,(H,24,29)(H,26,28). The van der Waals surface area contributed by atoms with Gasteiger partial charge in [-0.2, -0.15) is 16.9 Å². The molecule has 2 N–H and O–H groups in total. The number of carbonyl (C=O) groups excluding carboxylic acids is 2. The highest BCUT2D eigenvalue weighted by Gasteiger charge is 2.20. The quantitative estimate of drug-likeness (QED) is 0.526. The average Bonchev–Trinajstić information content (AvgIpc) is 3.26. The van der Waals surface area contributed by atoms with Crippen molar-refractivity contribution < 1.29 is 9.59 Å². The van der Waals surface area contributed by atoms with Crippen LogP contribution in [0.3, 0.4) is 0 Å². The normalized spacial score (nSPS) is 11.6. The van der Waals surface area contributed by atoms with Crippen molar-refractivity contribution in [2.45, 2.75) is 18.9 Å². The summed E-state index contributed by atoms with van der Waals surface area (Å²) in [5, 5.41) is 10.2. The van der Waals surface area contributed by atoms with Gasteiger partial charge in [0, 0.05) is 18.3 Å². The third-order valence-electron chi connectivity index (χ3n) is 4.64. The summed E-state index contributed by atoms with van der Waals surface area (Å²) in [5.74, 6) is 0.390. The molecule has 0 radical (unpaired) electrons. The summed E-state index contributed by atoms with van der Waals surface area (Å²) in [6.45, 7) is 0.482. The Bertz CT molecular complexity index is 944. The van der Waals surface area contributed by atoms with E-state index in [1.54, 1.807) is 23.9 Å². The summed E-state index contributed by atoms with van der Waals surface area (Å²) in [5.41, 5.74) is 2.58. The minimum absolute atomic E-state index is 0.163. The molecule has 3 aromatic rings. The van der Waals surface area contributed by atoms with Crippen molar-refractivity contribution in [2.75, 3.05) is 18.6 Å². The number of hydrogen-bond acceptors (Lipinski definition) is 4. The van der Waals surface area contributed by atoms with Crippen molar-refractivity contribution in [3.63, 3.8) is 0 Å². The van der Waals surface area contributed by atoms with Gasteiger partial charge in [-0.05, 0) is 54.7 Å². The Hall–Kier alpha value is -3.06. The Morgan fingerprint density at radius 2 is 1.77 bits per heavy atom. The number of thioether (sulfide) groups is 1. The van der Waals surface area contributed by atoms with Crippen LogP contribution < -0.4 is 10.6 Å². The summed E-state index contributed by atoms with van der Waals surface area (Å²) >= 11 is 1.65. The monoisotopic (exact) mass is 422 g/mol. The van der Waals surface area contributed by atoms with Crippen LogP contribution in [-0.4, -0.2) is 46.2 Å². The Kier molecular flexibility index (Phi) is 8.09. The maximum atomic E-state index is 12.7. The highest BCUT2D eigenvalue weighted by molar-refractivity contribution is 7.98. The van der Waals surface area contributed by atoms with Gasteiger partial charge in [0.05, 0.1) is 11.9 Å². The van der Waals surface area contributed by atoms with Gasteiger partial charge in [-0.15, -0.1) is 0 Å². The minimum Gasteiger partial charge on any atom is -0.354 e. The smallest absolute Gasteiger partial charge is 0.251 e. The van der Waals surface area contributed by atoms with E-state index in [9.17, 15) is 9.59 Å². The molecular weight excluding hydrogens is 396 g/mol. The van der Waals surface area contributed by atoms with Crippen molar-refractivity contribution in [1.82, 2.24) is 20.4 Å². The largest absolute Gasteiger partial charge is 0.354 e. The van der Waals surface area contributed by atoms with Crippen LogP contribution in [0.1, 0.15) is 22.3 Å². The molecule has 0 bridgehead atoms. The number of carbonyl (C=O) groups is 2. The van der Waals surface area contributed by atoms with Gasteiger partial charge < -0.3 is 10.6 Å². The lowest BCUT2D eigenvalue weighted by atomic mass is 10.1. The number of nitrogens with one attached hydrogen (secondary N) is 2. The molecule has 0 saturated carbocycles. The Morgan fingerprint density at radius 3 is 2.47 bits per heavy atom. The van der Waals surface area contributed by atoms with Crippen LogP contribution in [0.15, 0.2) is 73.1 Å². The number of rotatable bonds is 10. The van der Waals surface area contributed by atoms with Crippen LogP contribution in [0.2, 0.25) is 0 Å². The lowest BCUT2D eigenvalue weighted by Crippen LogP contribution is -2.47. The first kappa shape index (κ1) is 21.6. The molecule has 0 saturated heterocycles. The van der Waals surface area contributed by atoms with E-state index >= 15 is 0 Å². The second-order valence-corrected chi connectivity index (χ2v) is 7.83. The van der Waals surface area contributed by atoms with Crippen molar-refractivity contribution >= 4 is 23.6 Å². The zero-order chi connectivity index (χ0) is 21.2. The van der Waals surface area contributed by atoms with Crippen molar-refractivity contribution in [3.05, 3.63) is 84.2 Å². The first-order chi connectivity index (χ1) is 14.7. The number of aromatic nitrogens is 2. The minimum atomic E-state index is -0.558. The van der Waals surface area contributed by atoms with E-state index in [4.69, 9.17) is 0 Å². The van der Waals surface area contributed by atoms with Gasteiger partial charge in [0.25, 0.3) is 5.91 Å². The van der Waals surface area contributed by atoms with Crippen molar-refractivity contribution in [2.24, 2.45) is 0 Å². The molecule has 3 rings (SSSR count). The molecule has 0 aliphatic heterocycles. The third-order valence-corrected chi connectivity index (χ3v) is 5.28. The average molecular weight is 423 g/mol. The van der Waals surface area contributed by atoms with Crippen LogP contribution in [-0.2, 0) is 11.2 Å². The predicted molar refractivity (Wildman–Crippen MR) is 121 cm³/mol. The fourth-order valence-electron chi connectivity index (χ4n) is 3.00. The van der Waals surface area contributed by atoms with E-state index in [-0.39, 0.29) is 11.8 Å². The SMILES string of the molecule is CSCCC(NC(=O)c1ccccc1)C(=O)NCCc1cnn(-c2ccccc2)c1. The molecular formula is C23H26N4O2S. The Balaban J connectivity index is 1.53. The molecule has 6 nitrogen and oxygen atoms in total. The van der Waals surface area contributed by atoms with E-state index < -0.39 is 6.04 Å². The van der Waals surface area contributed by atoms with Crippen LogP contribution >= 0.6 is 11.8 Å². The zero-order valence-corrected chi connectivity index (χ0v) is 17.8. The van der Waals surface area contributed by atoms with Crippen LogP contribution in [0.25, 0.3) is 5.69 Å². The molecule has 2 amide bonds. The van der Waals surface area contributed by atoms with Crippen molar-refractivity contribution in [1.29, 1.82) is 0 Å².